The summed E-state index contributed by atoms with van der Waals surface area (Å²) in [4.78, 5) is 13.5. The molecule has 0 bridgehead atoms. The predicted molar refractivity (Wildman–Crippen MR) is 89.3 cm³/mol. The molecule has 0 saturated heterocycles. The van der Waals surface area contributed by atoms with Gasteiger partial charge in [0.05, 0.1) is 16.1 Å². The minimum absolute atomic E-state index is 0.208. The molecule has 0 heterocycles. The monoisotopic (exact) mass is 340 g/mol. The van der Waals surface area contributed by atoms with Crippen LogP contribution in [-0.2, 0) is 4.79 Å². The van der Waals surface area contributed by atoms with Gasteiger partial charge in [0.25, 0.3) is 0 Å². The van der Waals surface area contributed by atoms with Gasteiger partial charge in [0.2, 0.25) is 5.91 Å². The summed E-state index contributed by atoms with van der Waals surface area (Å²) in [7, 11) is 0. The summed E-state index contributed by atoms with van der Waals surface area (Å²) in [6.07, 6.45) is 0. The molecule has 0 fully saturated rings. The summed E-state index contributed by atoms with van der Waals surface area (Å²) < 4.78 is 0. The fraction of sp³-hybridized carbons (Fsp3) is 0.133. The first kappa shape index (κ1) is 16.2. The summed E-state index contributed by atoms with van der Waals surface area (Å²) >= 11 is 13.4. The van der Waals surface area contributed by atoms with Crippen LogP contribution in [0.3, 0.4) is 0 Å². The fourth-order valence-corrected chi connectivity index (χ4v) is 2.76. The molecular weight excluding hydrogens is 327 g/mol. The summed E-state index contributed by atoms with van der Waals surface area (Å²) in [6, 6.07) is 12.5. The van der Waals surface area contributed by atoms with Gasteiger partial charge in [-0.1, -0.05) is 35.0 Å². The number of benzene rings is 2. The Kier molecular flexibility index (Phi) is 5.53. The maximum Gasteiger partial charge on any atom is 0.240 e. The first-order valence-corrected chi connectivity index (χ1v) is 7.82. The number of halogens is 2. The fourth-order valence-electron chi connectivity index (χ4n) is 1.54. The minimum Gasteiger partial charge on any atom is -0.325 e. The van der Waals surface area contributed by atoms with Gasteiger partial charge in [0, 0.05) is 15.5 Å². The first-order valence-electron chi connectivity index (χ1n) is 6.25. The number of anilines is 1. The number of nitrogens with one attached hydrogen (secondary N) is 1. The Bertz CT molecular complexity index is 645. The quantitative estimate of drug-likeness (QED) is 0.865. The Morgan fingerprint density at radius 2 is 1.71 bits per heavy atom. The van der Waals surface area contributed by atoms with Gasteiger partial charge >= 0.3 is 0 Å². The minimum atomic E-state index is -0.532. The molecule has 3 nitrogen and oxygen atoms in total. The molecular formula is C15H14Cl2N2OS. The van der Waals surface area contributed by atoms with Gasteiger partial charge in [-0.15, -0.1) is 0 Å². The standard InChI is InChI=1S/C15H14Cl2N2OS/c1-9(18)15(20)19-10-2-4-11(5-3-10)21-12-6-7-13(16)14(17)8-12/h2-9H,18H2,1H3,(H,19,20). The molecule has 0 aliphatic rings. The maximum absolute atomic E-state index is 11.5. The van der Waals surface area contributed by atoms with Crippen LogP contribution < -0.4 is 11.1 Å². The van der Waals surface area contributed by atoms with Crippen molar-refractivity contribution < 1.29 is 4.79 Å². The van der Waals surface area contributed by atoms with E-state index in [1.165, 1.54) is 0 Å². The van der Waals surface area contributed by atoms with Crippen molar-refractivity contribution in [1.82, 2.24) is 0 Å². The van der Waals surface area contributed by atoms with E-state index in [0.29, 0.717) is 10.0 Å². The number of rotatable bonds is 4. The Morgan fingerprint density at radius 3 is 2.29 bits per heavy atom. The molecule has 0 radical (unpaired) electrons. The molecule has 21 heavy (non-hydrogen) atoms. The van der Waals surface area contributed by atoms with Crippen LogP contribution in [0.5, 0.6) is 0 Å². The average molecular weight is 341 g/mol. The SMILES string of the molecule is CC(N)C(=O)Nc1ccc(Sc2ccc(Cl)c(Cl)c2)cc1. The molecule has 2 aromatic carbocycles. The van der Waals surface area contributed by atoms with Crippen LogP contribution in [0, 0.1) is 0 Å². The molecule has 110 valence electrons. The van der Waals surface area contributed by atoms with Crippen LogP contribution in [0.15, 0.2) is 52.3 Å². The van der Waals surface area contributed by atoms with Crippen molar-refractivity contribution >= 4 is 46.6 Å². The number of hydrogen-bond donors (Lipinski definition) is 2. The maximum atomic E-state index is 11.5. The van der Waals surface area contributed by atoms with Crippen LogP contribution in [0.1, 0.15) is 6.92 Å². The third-order valence-corrected chi connectivity index (χ3v) is 4.40. The van der Waals surface area contributed by atoms with Gasteiger partial charge in [-0.2, -0.15) is 0 Å². The topological polar surface area (TPSA) is 55.1 Å². The molecule has 1 amide bonds. The van der Waals surface area contributed by atoms with Crippen LogP contribution >= 0.6 is 35.0 Å². The highest BCUT2D eigenvalue weighted by molar-refractivity contribution is 7.99. The van der Waals surface area contributed by atoms with Crippen molar-refractivity contribution in [2.75, 3.05) is 5.32 Å². The van der Waals surface area contributed by atoms with E-state index in [9.17, 15) is 4.79 Å². The molecule has 6 heteroatoms. The molecule has 1 unspecified atom stereocenters. The molecule has 0 aliphatic heterocycles. The van der Waals surface area contributed by atoms with Crippen LogP contribution in [-0.4, -0.2) is 11.9 Å². The van der Waals surface area contributed by atoms with E-state index in [2.05, 4.69) is 5.32 Å². The highest BCUT2D eigenvalue weighted by Crippen LogP contribution is 2.32. The summed E-state index contributed by atoms with van der Waals surface area (Å²) in [5.74, 6) is -0.208. The molecule has 1 atom stereocenters. The summed E-state index contributed by atoms with van der Waals surface area (Å²) in [6.45, 7) is 1.64. The van der Waals surface area contributed by atoms with Crippen molar-refractivity contribution in [3.05, 3.63) is 52.5 Å². The Balaban J connectivity index is 2.05. The Labute approximate surface area is 137 Å². The van der Waals surface area contributed by atoms with Crippen LogP contribution in [0.2, 0.25) is 10.0 Å². The van der Waals surface area contributed by atoms with Gasteiger partial charge in [-0.3, -0.25) is 4.79 Å². The van der Waals surface area contributed by atoms with E-state index < -0.39 is 6.04 Å². The smallest absolute Gasteiger partial charge is 0.240 e. The van der Waals surface area contributed by atoms with Gasteiger partial charge in [0.1, 0.15) is 0 Å². The van der Waals surface area contributed by atoms with Crippen molar-refractivity contribution in [1.29, 1.82) is 0 Å². The average Bonchev–Trinajstić information content (AvgIpc) is 2.45. The van der Waals surface area contributed by atoms with Crippen LogP contribution in [0.4, 0.5) is 5.69 Å². The molecule has 2 aromatic rings. The number of carbonyl (C=O) groups is 1. The second-order valence-corrected chi connectivity index (χ2v) is 6.44. The van der Waals surface area contributed by atoms with Crippen LogP contribution in [0.25, 0.3) is 0 Å². The lowest BCUT2D eigenvalue weighted by Crippen LogP contribution is -2.32. The second kappa shape index (κ2) is 7.18. The lowest BCUT2D eigenvalue weighted by Gasteiger charge is -2.08. The normalized spacial score (nSPS) is 12.0. The van der Waals surface area contributed by atoms with E-state index >= 15 is 0 Å². The molecule has 0 aliphatic carbocycles. The van der Waals surface area contributed by atoms with E-state index in [-0.39, 0.29) is 5.91 Å². The zero-order valence-electron chi connectivity index (χ0n) is 11.3. The van der Waals surface area contributed by atoms with E-state index in [1.54, 1.807) is 24.8 Å². The predicted octanol–water partition coefficient (Wildman–Crippen LogP) is 4.43. The number of amides is 1. The van der Waals surface area contributed by atoms with Crippen molar-refractivity contribution in [2.45, 2.75) is 22.8 Å². The van der Waals surface area contributed by atoms with Gasteiger partial charge in [0.15, 0.2) is 0 Å². The molecule has 0 spiro atoms. The zero-order valence-corrected chi connectivity index (χ0v) is 13.6. The van der Waals surface area contributed by atoms with Gasteiger partial charge in [-0.05, 0) is 49.4 Å². The van der Waals surface area contributed by atoms with E-state index in [4.69, 9.17) is 28.9 Å². The van der Waals surface area contributed by atoms with Crippen molar-refractivity contribution in [2.24, 2.45) is 5.73 Å². The highest BCUT2D eigenvalue weighted by atomic mass is 35.5. The zero-order chi connectivity index (χ0) is 15.4. The number of hydrogen-bond acceptors (Lipinski definition) is 3. The molecule has 0 saturated carbocycles. The lowest BCUT2D eigenvalue weighted by atomic mass is 10.3. The number of carbonyl (C=O) groups excluding carboxylic acids is 1. The van der Waals surface area contributed by atoms with E-state index in [1.807, 2.05) is 36.4 Å². The number of nitrogens with two attached hydrogens (primary N) is 1. The third kappa shape index (κ3) is 4.64. The third-order valence-electron chi connectivity index (χ3n) is 2.66. The molecule has 2 rings (SSSR count). The van der Waals surface area contributed by atoms with Gasteiger partial charge < -0.3 is 11.1 Å². The van der Waals surface area contributed by atoms with E-state index in [0.717, 1.165) is 15.5 Å². The second-order valence-electron chi connectivity index (χ2n) is 4.48. The first-order chi connectivity index (χ1) is 9.95. The van der Waals surface area contributed by atoms with Crippen molar-refractivity contribution in [3.8, 4) is 0 Å². The lowest BCUT2D eigenvalue weighted by molar-refractivity contribution is -0.117. The largest absolute Gasteiger partial charge is 0.325 e. The Hall–Kier alpha value is -1.20. The summed E-state index contributed by atoms with van der Waals surface area (Å²) in [5.41, 5.74) is 6.22. The summed E-state index contributed by atoms with van der Waals surface area (Å²) in [5, 5.41) is 3.80. The molecule has 0 aromatic heterocycles. The highest BCUT2D eigenvalue weighted by Gasteiger charge is 2.07. The molecule has 3 N–H and O–H groups in total. The van der Waals surface area contributed by atoms with Crippen molar-refractivity contribution in [3.63, 3.8) is 0 Å². The Morgan fingerprint density at radius 1 is 1.10 bits per heavy atom. The van der Waals surface area contributed by atoms with Gasteiger partial charge in [-0.25, -0.2) is 0 Å².